The number of hydrogen-bond acceptors (Lipinski definition) is 8. The van der Waals surface area contributed by atoms with E-state index < -0.39 is 0 Å². The maximum Gasteiger partial charge on any atom is 0.241 e. The Morgan fingerprint density at radius 2 is 1.92 bits per heavy atom. The number of nitrogens with zero attached hydrogens (tertiary/aromatic N) is 6. The second kappa shape index (κ2) is 11.7. The van der Waals surface area contributed by atoms with E-state index in [9.17, 15) is 9.90 Å². The number of carbonyl (C=O) groups excluding carboxylic acids is 1. The molecule has 2 fully saturated rings. The predicted molar refractivity (Wildman–Crippen MR) is 147 cm³/mol. The predicted octanol–water partition coefficient (Wildman–Crippen LogP) is 3.32. The minimum atomic E-state index is -0.213. The van der Waals surface area contributed by atoms with Gasteiger partial charge in [0.2, 0.25) is 11.9 Å². The normalized spacial score (nSPS) is 21.1. The average Bonchev–Trinajstić information content (AvgIpc) is 3.32. The lowest BCUT2D eigenvalue weighted by molar-refractivity contribution is -0.131. The second-order valence-electron chi connectivity index (χ2n) is 10.5. The summed E-state index contributed by atoms with van der Waals surface area (Å²) in [5.74, 6) is 2.01. The highest BCUT2D eigenvalue weighted by Gasteiger charge is 2.26. The third-order valence-corrected chi connectivity index (χ3v) is 7.77. The van der Waals surface area contributed by atoms with Gasteiger partial charge in [-0.1, -0.05) is 6.92 Å². The van der Waals surface area contributed by atoms with Crippen molar-refractivity contribution in [3.05, 3.63) is 36.3 Å². The first-order chi connectivity index (χ1) is 18.5. The van der Waals surface area contributed by atoms with E-state index in [4.69, 9.17) is 9.84 Å². The molecular weight excluding hydrogens is 482 g/mol. The smallest absolute Gasteiger partial charge is 0.241 e. The van der Waals surface area contributed by atoms with Crippen molar-refractivity contribution in [3.8, 4) is 11.1 Å². The molecule has 1 aliphatic heterocycles. The molecule has 3 aromatic rings. The highest BCUT2D eigenvalue weighted by Crippen LogP contribution is 2.38. The number of aliphatic hydroxyl groups is 1. The first-order valence-electron chi connectivity index (χ1n) is 13.8. The summed E-state index contributed by atoms with van der Waals surface area (Å²) in [5, 5.41) is 18.3. The Balaban J connectivity index is 1.46. The van der Waals surface area contributed by atoms with Crippen LogP contribution in [0.5, 0.6) is 0 Å². The van der Waals surface area contributed by atoms with Crippen molar-refractivity contribution < 1.29 is 14.6 Å². The summed E-state index contributed by atoms with van der Waals surface area (Å²) in [4.78, 5) is 25.6. The van der Waals surface area contributed by atoms with Crippen LogP contribution in [0.2, 0.25) is 0 Å². The van der Waals surface area contributed by atoms with E-state index in [2.05, 4.69) is 32.3 Å². The number of nitrogens with one attached hydrogen (secondary N) is 1. The van der Waals surface area contributed by atoms with Crippen LogP contribution in [0, 0.1) is 0 Å². The van der Waals surface area contributed by atoms with Gasteiger partial charge in [-0.05, 0) is 56.4 Å². The van der Waals surface area contributed by atoms with Gasteiger partial charge in [-0.3, -0.25) is 4.79 Å². The van der Waals surface area contributed by atoms with Gasteiger partial charge in [-0.25, -0.2) is 14.5 Å². The summed E-state index contributed by atoms with van der Waals surface area (Å²) in [6.45, 7) is 7.49. The molecule has 0 bridgehead atoms. The number of rotatable bonds is 8. The fraction of sp³-hybridized carbons (Fsp3) is 0.571. The Bertz CT molecular complexity index is 1250. The van der Waals surface area contributed by atoms with Gasteiger partial charge in [0.25, 0.3) is 0 Å². The van der Waals surface area contributed by atoms with Crippen molar-refractivity contribution in [3.63, 3.8) is 0 Å². The van der Waals surface area contributed by atoms with E-state index in [0.29, 0.717) is 24.9 Å². The van der Waals surface area contributed by atoms with Crippen LogP contribution >= 0.6 is 0 Å². The minimum absolute atomic E-state index is 0.0802. The number of methoxy groups -OCH3 is 1. The van der Waals surface area contributed by atoms with Gasteiger partial charge in [-0.2, -0.15) is 0 Å². The van der Waals surface area contributed by atoms with E-state index in [0.717, 1.165) is 80.0 Å². The van der Waals surface area contributed by atoms with Crippen LogP contribution in [0.1, 0.15) is 57.6 Å². The lowest BCUT2D eigenvalue weighted by Crippen LogP contribution is -2.48. The Kier molecular flexibility index (Phi) is 8.09. The van der Waals surface area contributed by atoms with E-state index >= 15 is 0 Å². The highest BCUT2D eigenvalue weighted by atomic mass is 16.5. The molecule has 5 rings (SSSR count). The number of ether oxygens (including phenoxy) is 1. The molecule has 2 N–H and O–H groups in total. The number of hydrogen-bond donors (Lipinski definition) is 2. The van der Waals surface area contributed by atoms with Crippen LogP contribution in [0.4, 0.5) is 11.8 Å². The third-order valence-electron chi connectivity index (χ3n) is 7.77. The summed E-state index contributed by atoms with van der Waals surface area (Å²) >= 11 is 0. The van der Waals surface area contributed by atoms with Gasteiger partial charge in [0.1, 0.15) is 5.82 Å². The molecule has 10 nitrogen and oxygen atoms in total. The number of aliphatic hydroxyl groups excluding tert-OH is 1. The SMILES string of the molecule is CCC(=O)N1CCN(c2cc(-c3cc([C@H]4CC[C@H](O)CC4)n4nc(N[C@@H](C)COC)ncc34)ccn2)CC1. The molecular formula is C28H39N7O3. The molecule has 1 saturated carbocycles. The molecule has 1 aliphatic carbocycles. The van der Waals surface area contributed by atoms with E-state index in [-0.39, 0.29) is 18.1 Å². The zero-order valence-corrected chi connectivity index (χ0v) is 22.6. The molecule has 38 heavy (non-hydrogen) atoms. The second-order valence-corrected chi connectivity index (χ2v) is 10.5. The van der Waals surface area contributed by atoms with Crippen LogP contribution in [-0.2, 0) is 9.53 Å². The van der Waals surface area contributed by atoms with Crippen LogP contribution in [0.3, 0.4) is 0 Å². The summed E-state index contributed by atoms with van der Waals surface area (Å²) in [6.07, 6.45) is 7.56. The number of anilines is 2. The van der Waals surface area contributed by atoms with Gasteiger partial charge in [0.15, 0.2) is 0 Å². The zero-order valence-electron chi connectivity index (χ0n) is 22.6. The molecule has 2 aliphatic rings. The molecule has 1 saturated heterocycles. The summed E-state index contributed by atoms with van der Waals surface area (Å²) in [7, 11) is 1.68. The molecule has 0 spiro atoms. The Hall–Kier alpha value is -3.24. The molecule has 3 aromatic heterocycles. The Morgan fingerprint density at radius 1 is 1.16 bits per heavy atom. The van der Waals surface area contributed by atoms with Gasteiger partial charge >= 0.3 is 0 Å². The zero-order chi connectivity index (χ0) is 26.6. The maximum absolute atomic E-state index is 12.1. The topological polar surface area (TPSA) is 108 Å². The Morgan fingerprint density at radius 3 is 2.63 bits per heavy atom. The summed E-state index contributed by atoms with van der Waals surface area (Å²) in [6, 6.07) is 6.49. The number of carbonyl (C=O) groups is 1. The number of amides is 1. The van der Waals surface area contributed by atoms with E-state index in [1.807, 2.05) is 41.7 Å². The van der Waals surface area contributed by atoms with Crippen LogP contribution in [0.25, 0.3) is 16.6 Å². The van der Waals surface area contributed by atoms with E-state index in [1.54, 1.807) is 7.11 Å². The maximum atomic E-state index is 12.1. The molecule has 10 heteroatoms. The van der Waals surface area contributed by atoms with Gasteiger partial charge < -0.3 is 25.0 Å². The highest BCUT2D eigenvalue weighted by molar-refractivity contribution is 5.82. The molecule has 1 atom stereocenters. The van der Waals surface area contributed by atoms with Gasteiger partial charge in [0.05, 0.1) is 24.4 Å². The van der Waals surface area contributed by atoms with Crippen molar-refractivity contribution in [2.45, 2.75) is 64.0 Å². The molecule has 0 aromatic carbocycles. The van der Waals surface area contributed by atoms with Crippen LogP contribution in [0.15, 0.2) is 30.6 Å². The standard InChI is InChI=1S/C28H39N7O3/c1-4-27(37)34-13-11-33(12-14-34)26-15-21(9-10-29-26)23-16-24(20-5-7-22(36)8-6-20)35-25(23)17-30-28(32-35)31-19(2)18-38-3/h9-10,15-17,19-20,22,36H,4-8,11-14,18H2,1-3H3,(H,31,32)/t19-,20-,22-/m0/s1. The van der Waals surface area contributed by atoms with Crippen molar-refractivity contribution >= 4 is 23.2 Å². The largest absolute Gasteiger partial charge is 0.393 e. The minimum Gasteiger partial charge on any atom is -0.393 e. The van der Waals surface area contributed by atoms with Crippen LogP contribution < -0.4 is 10.2 Å². The first-order valence-corrected chi connectivity index (χ1v) is 13.8. The lowest BCUT2D eigenvalue weighted by atomic mass is 9.85. The molecule has 0 radical (unpaired) electrons. The number of fused-ring (bicyclic) bond motifs is 1. The van der Waals surface area contributed by atoms with Crippen LogP contribution in [-0.4, -0.2) is 87.5 Å². The van der Waals surface area contributed by atoms with E-state index in [1.165, 1.54) is 0 Å². The van der Waals surface area contributed by atoms with Crippen molar-refractivity contribution in [2.24, 2.45) is 0 Å². The third kappa shape index (κ3) is 5.61. The molecule has 204 valence electrons. The molecule has 1 amide bonds. The van der Waals surface area contributed by atoms with Gasteiger partial charge in [-0.15, -0.1) is 5.10 Å². The van der Waals surface area contributed by atoms with Crippen molar-refractivity contribution in [1.29, 1.82) is 0 Å². The fourth-order valence-electron chi connectivity index (χ4n) is 5.65. The quantitative estimate of drug-likeness (QED) is 0.465. The first kappa shape index (κ1) is 26.4. The monoisotopic (exact) mass is 521 g/mol. The molecule has 4 heterocycles. The number of piperazine rings is 1. The number of aromatic nitrogens is 4. The Labute approximate surface area is 224 Å². The summed E-state index contributed by atoms with van der Waals surface area (Å²) in [5.41, 5.74) is 4.24. The van der Waals surface area contributed by atoms with Crippen molar-refractivity contribution in [1.82, 2.24) is 24.5 Å². The van der Waals surface area contributed by atoms with Crippen molar-refractivity contribution in [2.75, 3.05) is 50.1 Å². The lowest BCUT2D eigenvalue weighted by Gasteiger charge is -2.35. The number of pyridine rings is 1. The summed E-state index contributed by atoms with van der Waals surface area (Å²) < 4.78 is 7.29. The van der Waals surface area contributed by atoms with Gasteiger partial charge in [0, 0.05) is 69.1 Å². The fourth-order valence-corrected chi connectivity index (χ4v) is 5.65. The average molecular weight is 522 g/mol. The molecule has 0 unspecified atom stereocenters.